The molecule has 4 aromatic rings. The number of benzene rings is 1. The normalized spacial score (nSPS) is 12.4. The number of thiazole rings is 1. The van der Waals surface area contributed by atoms with Crippen LogP contribution in [0.1, 0.15) is 18.0 Å². The van der Waals surface area contributed by atoms with Gasteiger partial charge in [0, 0.05) is 35.1 Å². The maximum absolute atomic E-state index is 5.58. The predicted molar refractivity (Wildman–Crippen MR) is 91.3 cm³/mol. The number of nitrogens with zero attached hydrogens (tertiary/aromatic N) is 3. The smallest absolute Gasteiger partial charge is 0.141 e. The molecular weight excluding hydrogens is 306 g/mol. The number of aromatic nitrogens is 3. The lowest BCUT2D eigenvalue weighted by Gasteiger charge is -2.15. The fraction of sp³-hybridized carbons (Fsp3) is 0.111. The Morgan fingerprint density at radius 2 is 1.91 bits per heavy atom. The van der Waals surface area contributed by atoms with E-state index in [-0.39, 0.29) is 6.04 Å². The highest BCUT2D eigenvalue weighted by Crippen LogP contribution is 2.33. The maximum atomic E-state index is 5.58. The highest BCUT2D eigenvalue weighted by Gasteiger charge is 2.18. The van der Waals surface area contributed by atoms with E-state index < -0.39 is 0 Å². The van der Waals surface area contributed by atoms with E-state index in [9.17, 15) is 0 Å². The van der Waals surface area contributed by atoms with Crippen molar-refractivity contribution >= 4 is 11.3 Å². The third kappa shape index (κ3) is 2.49. The molecule has 1 atom stereocenters. The molecule has 0 saturated heterocycles. The number of rotatable bonds is 4. The molecule has 0 radical (unpaired) electrons. The molecular formula is C18H15N3OS. The van der Waals surface area contributed by atoms with Crippen molar-refractivity contribution in [3.05, 3.63) is 71.6 Å². The van der Waals surface area contributed by atoms with Crippen LogP contribution in [0.25, 0.3) is 22.7 Å². The van der Waals surface area contributed by atoms with Crippen molar-refractivity contribution in [3.63, 3.8) is 0 Å². The number of hydrogen-bond acceptors (Lipinski definition) is 4. The molecule has 1 unspecified atom stereocenters. The minimum atomic E-state index is 0.136. The maximum Gasteiger partial charge on any atom is 0.141 e. The van der Waals surface area contributed by atoms with E-state index in [1.807, 2.05) is 48.2 Å². The summed E-state index contributed by atoms with van der Waals surface area (Å²) in [6.07, 6.45) is 7.36. The summed E-state index contributed by atoms with van der Waals surface area (Å²) >= 11 is 1.66. The first-order valence-corrected chi connectivity index (χ1v) is 8.28. The lowest BCUT2D eigenvalue weighted by Crippen LogP contribution is -2.07. The third-order valence-electron chi connectivity index (χ3n) is 3.85. The van der Waals surface area contributed by atoms with E-state index in [0.717, 1.165) is 27.7 Å². The molecule has 23 heavy (non-hydrogen) atoms. The molecule has 0 bridgehead atoms. The molecule has 0 spiro atoms. The van der Waals surface area contributed by atoms with Crippen molar-refractivity contribution in [1.29, 1.82) is 0 Å². The van der Waals surface area contributed by atoms with Gasteiger partial charge < -0.3 is 8.98 Å². The van der Waals surface area contributed by atoms with Crippen LogP contribution in [-0.4, -0.2) is 14.5 Å². The SMILES string of the molecule is CC(c1nccs1)n1ccnc1-c1ccccc1-c1ccco1. The molecule has 3 aromatic heterocycles. The van der Waals surface area contributed by atoms with E-state index in [1.54, 1.807) is 17.6 Å². The Bertz CT molecular complexity index is 894. The summed E-state index contributed by atoms with van der Waals surface area (Å²) < 4.78 is 7.74. The van der Waals surface area contributed by atoms with E-state index >= 15 is 0 Å². The summed E-state index contributed by atoms with van der Waals surface area (Å²) in [4.78, 5) is 9.02. The van der Waals surface area contributed by atoms with Gasteiger partial charge in [-0.05, 0) is 19.1 Å². The van der Waals surface area contributed by atoms with Crippen LogP contribution in [0.5, 0.6) is 0 Å². The Morgan fingerprint density at radius 1 is 1.04 bits per heavy atom. The predicted octanol–water partition coefficient (Wildman–Crippen LogP) is 4.88. The van der Waals surface area contributed by atoms with Crippen LogP contribution in [0.4, 0.5) is 0 Å². The molecule has 0 N–H and O–H groups in total. The average Bonchev–Trinajstić information content (AvgIpc) is 3.36. The molecule has 0 fully saturated rings. The lowest BCUT2D eigenvalue weighted by molar-refractivity contribution is 0.582. The Hall–Kier alpha value is -2.66. The molecule has 114 valence electrons. The molecule has 1 aromatic carbocycles. The van der Waals surface area contributed by atoms with Gasteiger partial charge in [0.1, 0.15) is 16.6 Å². The van der Waals surface area contributed by atoms with E-state index in [2.05, 4.69) is 33.6 Å². The standard InChI is InChI=1S/C18H15N3OS/c1-13(18-20-9-12-23-18)21-10-8-19-17(21)15-6-3-2-5-14(15)16-7-4-11-22-16/h2-13H,1H3. The van der Waals surface area contributed by atoms with Gasteiger partial charge in [0.05, 0.1) is 12.3 Å². The second-order valence-electron chi connectivity index (χ2n) is 5.23. The third-order valence-corrected chi connectivity index (χ3v) is 4.80. The summed E-state index contributed by atoms with van der Waals surface area (Å²) in [6, 6.07) is 12.2. The average molecular weight is 321 g/mol. The van der Waals surface area contributed by atoms with Gasteiger partial charge in [-0.2, -0.15) is 0 Å². The second kappa shape index (κ2) is 5.85. The van der Waals surface area contributed by atoms with Crippen LogP contribution >= 0.6 is 11.3 Å². The molecule has 0 amide bonds. The summed E-state index contributed by atoms with van der Waals surface area (Å²) in [5, 5.41) is 3.07. The van der Waals surface area contributed by atoms with Gasteiger partial charge in [0.25, 0.3) is 0 Å². The van der Waals surface area contributed by atoms with Crippen LogP contribution < -0.4 is 0 Å². The van der Waals surface area contributed by atoms with Crippen molar-refractivity contribution in [3.8, 4) is 22.7 Å². The minimum absolute atomic E-state index is 0.136. The number of imidazole rings is 1. The molecule has 0 aliphatic heterocycles. The lowest BCUT2D eigenvalue weighted by atomic mass is 10.0. The summed E-state index contributed by atoms with van der Waals surface area (Å²) in [5.41, 5.74) is 2.09. The Labute approximate surface area is 138 Å². The van der Waals surface area contributed by atoms with Crippen molar-refractivity contribution in [2.24, 2.45) is 0 Å². The van der Waals surface area contributed by atoms with Gasteiger partial charge in [-0.25, -0.2) is 9.97 Å². The molecule has 4 rings (SSSR count). The van der Waals surface area contributed by atoms with Crippen LogP contribution in [0.15, 0.2) is 71.0 Å². The van der Waals surface area contributed by atoms with Crippen LogP contribution in [-0.2, 0) is 0 Å². The van der Waals surface area contributed by atoms with Crippen molar-refractivity contribution in [2.75, 3.05) is 0 Å². The first kappa shape index (κ1) is 14.0. The van der Waals surface area contributed by atoms with Crippen molar-refractivity contribution < 1.29 is 4.42 Å². The van der Waals surface area contributed by atoms with Crippen LogP contribution in [0, 0.1) is 0 Å². The highest BCUT2D eigenvalue weighted by molar-refractivity contribution is 7.09. The summed E-state index contributed by atoms with van der Waals surface area (Å²) in [6.45, 7) is 2.14. The fourth-order valence-corrected chi connectivity index (χ4v) is 3.41. The second-order valence-corrected chi connectivity index (χ2v) is 6.15. The van der Waals surface area contributed by atoms with Crippen LogP contribution in [0.3, 0.4) is 0 Å². The van der Waals surface area contributed by atoms with Crippen molar-refractivity contribution in [1.82, 2.24) is 14.5 Å². The number of hydrogen-bond donors (Lipinski definition) is 0. The fourth-order valence-electron chi connectivity index (χ4n) is 2.72. The largest absolute Gasteiger partial charge is 0.464 e. The zero-order chi connectivity index (χ0) is 15.6. The summed E-state index contributed by atoms with van der Waals surface area (Å²) in [5.74, 6) is 1.76. The zero-order valence-corrected chi connectivity index (χ0v) is 13.4. The van der Waals surface area contributed by atoms with E-state index in [0.29, 0.717) is 0 Å². The highest BCUT2D eigenvalue weighted by atomic mass is 32.1. The van der Waals surface area contributed by atoms with Crippen LogP contribution in [0.2, 0.25) is 0 Å². The van der Waals surface area contributed by atoms with Gasteiger partial charge in [0.15, 0.2) is 0 Å². The van der Waals surface area contributed by atoms with Crippen molar-refractivity contribution in [2.45, 2.75) is 13.0 Å². The van der Waals surface area contributed by atoms with Gasteiger partial charge in [0.2, 0.25) is 0 Å². The number of furan rings is 1. The molecule has 5 heteroatoms. The van der Waals surface area contributed by atoms with E-state index in [4.69, 9.17) is 4.42 Å². The van der Waals surface area contributed by atoms with E-state index in [1.165, 1.54) is 0 Å². The Balaban J connectivity index is 1.83. The molecule has 4 nitrogen and oxygen atoms in total. The monoisotopic (exact) mass is 321 g/mol. The Morgan fingerprint density at radius 3 is 2.65 bits per heavy atom. The first-order chi connectivity index (χ1) is 11.3. The summed E-state index contributed by atoms with van der Waals surface area (Å²) in [7, 11) is 0. The zero-order valence-electron chi connectivity index (χ0n) is 12.6. The Kier molecular flexibility index (Phi) is 3.55. The minimum Gasteiger partial charge on any atom is -0.464 e. The van der Waals surface area contributed by atoms with Gasteiger partial charge in [-0.3, -0.25) is 0 Å². The van der Waals surface area contributed by atoms with Gasteiger partial charge in [-0.15, -0.1) is 11.3 Å². The molecule has 3 heterocycles. The topological polar surface area (TPSA) is 43.9 Å². The quantitative estimate of drug-likeness (QED) is 0.538. The molecule has 0 aliphatic rings. The molecule has 0 saturated carbocycles. The van der Waals surface area contributed by atoms with Gasteiger partial charge >= 0.3 is 0 Å². The first-order valence-electron chi connectivity index (χ1n) is 7.40. The molecule has 0 aliphatic carbocycles. The van der Waals surface area contributed by atoms with Gasteiger partial charge in [-0.1, -0.05) is 24.3 Å².